The number of carbonyl (C=O) groups excluding carboxylic acids is 1. The molecule has 1 aromatic carbocycles. The Balaban J connectivity index is 2.14. The standard InChI is InChI=1S/C14H17Cl2NO2/c1-8(2)17-9(3)13(19-14(17)18)6-10-4-11(15)7-12(16)5-10/h4-5,7-9,13H,6H2,1-3H3/t9-,13+/m0/s1. The van der Waals surface area contributed by atoms with Crippen molar-refractivity contribution in [2.24, 2.45) is 0 Å². The quantitative estimate of drug-likeness (QED) is 0.839. The number of nitrogens with zero attached hydrogens (tertiary/aromatic N) is 1. The van der Waals surface area contributed by atoms with Crippen LogP contribution in [-0.2, 0) is 11.2 Å². The van der Waals surface area contributed by atoms with Crippen molar-refractivity contribution in [2.45, 2.75) is 45.4 Å². The van der Waals surface area contributed by atoms with Gasteiger partial charge in [-0.25, -0.2) is 4.79 Å². The number of rotatable bonds is 3. The molecule has 1 heterocycles. The maximum atomic E-state index is 11.8. The van der Waals surface area contributed by atoms with Gasteiger partial charge in [0.2, 0.25) is 0 Å². The number of hydrogen-bond donors (Lipinski definition) is 0. The molecule has 0 aromatic heterocycles. The fourth-order valence-corrected chi connectivity index (χ4v) is 3.06. The van der Waals surface area contributed by atoms with Crippen LogP contribution in [0.5, 0.6) is 0 Å². The highest BCUT2D eigenvalue weighted by molar-refractivity contribution is 6.34. The first-order valence-corrected chi connectivity index (χ1v) is 7.08. The van der Waals surface area contributed by atoms with Gasteiger partial charge in [-0.2, -0.15) is 0 Å². The third-order valence-electron chi connectivity index (χ3n) is 3.36. The number of ether oxygens (including phenoxy) is 1. The normalized spacial score (nSPS) is 23.1. The second kappa shape index (κ2) is 5.59. The Labute approximate surface area is 123 Å². The summed E-state index contributed by atoms with van der Waals surface area (Å²) in [7, 11) is 0. The molecule has 1 aliphatic rings. The lowest BCUT2D eigenvalue weighted by atomic mass is 10.0. The van der Waals surface area contributed by atoms with E-state index in [9.17, 15) is 4.79 Å². The highest BCUT2D eigenvalue weighted by Crippen LogP contribution is 2.27. The Kier molecular flexibility index (Phi) is 4.26. The summed E-state index contributed by atoms with van der Waals surface area (Å²) >= 11 is 12.0. The van der Waals surface area contributed by atoms with Crippen LogP contribution in [-0.4, -0.2) is 29.2 Å². The van der Waals surface area contributed by atoms with E-state index in [1.54, 1.807) is 11.0 Å². The molecule has 0 radical (unpaired) electrons. The summed E-state index contributed by atoms with van der Waals surface area (Å²) in [5.41, 5.74) is 0.979. The zero-order chi connectivity index (χ0) is 14.2. The summed E-state index contributed by atoms with van der Waals surface area (Å²) in [6.45, 7) is 5.97. The zero-order valence-corrected chi connectivity index (χ0v) is 12.7. The summed E-state index contributed by atoms with van der Waals surface area (Å²) < 4.78 is 5.43. The molecule has 2 rings (SSSR count). The molecule has 2 atom stereocenters. The van der Waals surface area contributed by atoms with Crippen LogP contribution in [0.1, 0.15) is 26.3 Å². The summed E-state index contributed by atoms with van der Waals surface area (Å²) in [5, 5.41) is 1.19. The van der Waals surface area contributed by atoms with Crippen molar-refractivity contribution in [3.63, 3.8) is 0 Å². The largest absolute Gasteiger partial charge is 0.444 e. The van der Waals surface area contributed by atoms with E-state index in [-0.39, 0.29) is 24.3 Å². The first kappa shape index (κ1) is 14.5. The smallest absolute Gasteiger partial charge is 0.410 e. The van der Waals surface area contributed by atoms with Crippen LogP contribution in [0.4, 0.5) is 4.79 Å². The fraction of sp³-hybridized carbons (Fsp3) is 0.500. The second-order valence-corrected chi connectivity index (χ2v) is 6.02. The molecule has 0 unspecified atom stereocenters. The first-order chi connectivity index (χ1) is 8.88. The van der Waals surface area contributed by atoms with Crippen LogP contribution in [0.15, 0.2) is 18.2 Å². The predicted molar refractivity (Wildman–Crippen MR) is 76.9 cm³/mol. The predicted octanol–water partition coefficient (Wildman–Crippen LogP) is 4.15. The molecule has 1 fully saturated rings. The van der Waals surface area contributed by atoms with Crippen molar-refractivity contribution in [1.29, 1.82) is 0 Å². The number of cyclic esters (lactones) is 1. The van der Waals surface area contributed by atoms with Crippen LogP contribution in [0.3, 0.4) is 0 Å². The van der Waals surface area contributed by atoms with Gasteiger partial charge in [-0.3, -0.25) is 4.90 Å². The maximum absolute atomic E-state index is 11.8. The van der Waals surface area contributed by atoms with E-state index in [0.717, 1.165) is 5.56 Å². The van der Waals surface area contributed by atoms with Crippen molar-refractivity contribution in [1.82, 2.24) is 4.90 Å². The summed E-state index contributed by atoms with van der Waals surface area (Å²) in [6.07, 6.45) is 0.209. The van der Waals surface area contributed by atoms with Crippen molar-refractivity contribution >= 4 is 29.3 Å². The van der Waals surface area contributed by atoms with Crippen LogP contribution in [0.25, 0.3) is 0 Å². The van der Waals surface area contributed by atoms with Crippen LogP contribution >= 0.6 is 23.2 Å². The molecule has 104 valence electrons. The highest BCUT2D eigenvalue weighted by atomic mass is 35.5. The molecule has 0 N–H and O–H groups in total. The van der Waals surface area contributed by atoms with Crippen LogP contribution in [0, 0.1) is 0 Å². The lowest BCUT2D eigenvalue weighted by Gasteiger charge is -2.24. The molecular weight excluding hydrogens is 285 g/mol. The average molecular weight is 302 g/mol. The van der Waals surface area contributed by atoms with E-state index in [0.29, 0.717) is 16.5 Å². The Bertz CT molecular complexity index is 470. The van der Waals surface area contributed by atoms with E-state index < -0.39 is 0 Å². The lowest BCUT2D eigenvalue weighted by molar-refractivity contribution is 0.128. The summed E-state index contributed by atoms with van der Waals surface area (Å²) in [5.74, 6) is 0. The molecule has 1 saturated heterocycles. The van der Waals surface area contributed by atoms with Gasteiger partial charge in [-0.05, 0) is 44.5 Å². The third kappa shape index (κ3) is 3.15. The summed E-state index contributed by atoms with van der Waals surface area (Å²) in [6, 6.07) is 5.58. The molecule has 19 heavy (non-hydrogen) atoms. The third-order valence-corrected chi connectivity index (χ3v) is 3.79. The molecule has 1 amide bonds. The topological polar surface area (TPSA) is 29.5 Å². The van der Waals surface area contributed by atoms with Crippen LogP contribution < -0.4 is 0 Å². The molecule has 5 heteroatoms. The fourth-order valence-electron chi connectivity index (χ4n) is 2.49. The highest BCUT2D eigenvalue weighted by Gasteiger charge is 2.39. The number of benzene rings is 1. The SMILES string of the molecule is CC(C)N1C(=O)O[C@H](Cc2cc(Cl)cc(Cl)c2)[C@@H]1C. The Morgan fingerprint density at radius 1 is 1.26 bits per heavy atom. The van der Waals surface area contributed by atoms with Gasteiger partial charge in [0, 0.05) is 22.5 Å². The number of hydrogen-bond acceptors (Lipinski definition) is 2. The Morgan fingerprint density at radius 3 is 2.32 bits per heavy atom. The second-order valence-electron chi connectivity index (χ2n) is 5.15. The summed E-state index contributed by atoms with van der Waals surface area (Å²) in [4.78, 5) is 13.6. The number of carbonyl (C=O) groups is 1. The Morgan fingerprint density at radius 2 is 1.84 bits per heavy atom. The molecule has 0 aliphatic carbocycles. The molecule has 1 aromatic rings. The number of amides is 1. The van der Waals surface area contributed by atoms with E-state index in [2.05, 4.69) is 0 Å². The maximum Gasteiger partial charge on any atom is 0.410 e. The average Bonchev–Trinajstić information content (AvgIpc) is 2.52. The minimum Gasteiger partial charge on any atom is -0.444 e. The van der Waals surface area contributed by atoms with Gasteiger partial charge in [0.1, 0.15) is 6.10 Å². The van der Waals surface area contributed by atoms with E-state index in [1.165, 1.54) is 0 Å². The lowest BCUT2D eigenvalue weighted by Crippen LogP contribution is -2.39. The van der Waals surface area contributed by atoms with Gasteiger partial charge >= 0.3 is 6.09 Å². The molecule has 0 saturated carbocycles. The van der Waals surface area contributed by atoms with E-state index in [1.807, 2.05) is 32.9 Å². The van der Waals surface area contributed by atoms with Crippen LogP contribution in [0.2, 0.25) is 10.0 Å². The van der Waals surface area contributed by atoms with Gasteiger partial charge in [-0.15, -0.1) is 0 Å². The molecular formula is C14H17Cl2NO2. The molecule has 1 aliphatic heterocycles. The van der Waals surface area contributed by atoms with Crippen molar-refractivity contribution in [3.8, 4) is 0 Å². The number of halogens is 2. The van der Waals surface area contributed by atoms with Gasteiger partial charge in [0.05, 0.1) is 6.04 Å². The van der Waals surface area contributed by atoms with Crippen molar-refractivity contribution in [3.05, 3.63) is 33.8 Å². The molecule has 3 nitrogen and oxygen atoms in total. The van der Waals surface area contributed by atoms with Gasteiger partial charge < -0.3 is 4.74 Å². The minimum atomic E-state index is -0.249. The van der Waals surface area contributed by atoms with Gasteiger partial charge in [0.15, 0.2) is 0 Å². The van der Waals surface area contributed by atoms with E-state index in [4.69, 9.17) is 27.9 Å². The minimum absolute atomic E-state index is 0.0465. The molecule has 0 bridgehead atoms. The van der Waals surface area contributed by atoms with Gasteiger partial charge in [-0.1, -0.05) is 23.2 Å². The first-order valence-electron chi connectivity index (χ1n) is 6.32. The van der Waals surface area contributed by atoms with Crippen molar-refractivity contribution < 1.29 is 9.53 Å². The monoisotopic (exact) mass is 301 g/mol. The van der Waals surface area contributed by atoms with Crippen molar-refractivity contribution in [2.75, 3.05) is 0 Å². The zero-order valence-electron chi connectivity index (χ0n) is 11.2. The van der Waals surface area contributed by atoms with E-state index >= 15 is 0 Å². The Hall–Kier alpha value is -0.930. The molecule has 0 spiro atoms. The van der Waals surface area contributed by atoms with Gasteiger partial charge in [0.25, 0.3) is 0 Å².